The van der Waals surface area contributed by atoms with Crippen molar-refractivity contribution in [1.82, 2.24) is 0 Å². The topological polar surface area (TPSA) is 7.76 Å². The molecule has 0 aliphatic rings. The zero-order valence-corrected chi connectivity index (χ0v) is 20.7. The summed E-state index contributed by atoms with van der Waals surface area (Å²) in [5, 5.41) is 0. The van der Waals surface area contributed by atoms with Crippen molar-refractivity contribution in [3.63, 3.8) is 0 Å². The number of rotatable bonds is 12. The molecule has 0 bridgehead atoms. The van der Waals surface area contributed by atoms with E-state index in [0.29, 0.717) is 0 Å². The van der Waals surface area contributed by atoms with Crippen LogP contribution in [-0.4, -0.2) is 0 Å². The minimum atomic E-state index is 1.13. The van der Waals surface area contributed by atoms with Crippen LogP contribution >= 0.6 is 0 Å². The SMILES string of the molecule is Cc1cc[n+](CCCCCc2cccc(CCCCC[n+]3ccc(C)cc3C)c2)c(C)c1. The summed E-state index contributed by atoms with van der Waals surface area (Å²) in [5.41, 5.74) is 8.44. The van der Waals surface area contributed by atoms with Crippen LogP contribution in [0.25, 0.3) is 0 Å². The molecule has 0 aliphatic carbocycles. The fraction of sp³-hybridized carbons (Fsp3) is 0.467. The van der Waals surface area contributed by atoms with Gasteiger partial charge in [0.05, 0.1) is 0 Å². The van der Waals surface area contributed by atoms with E-state index >= 15 is 0 Å². The molecule has 0 aliphatic heterocycles. The smallest absolute Gasteiger partial charge is 0.178 e. The molecule has 0 saturated heterocycles. The Morgan fingerprint density at radius 2 is 1.00 bits per heavy atom. The second-order valence-electron chi connectivity index (χ2n) is 9.52. The first-order chi connectivity index (χ1) is 15.5. The van der Waals surface area contributed by atoms with Crippen molar-refractivity contribution >= 4 is 0 Å². The Kier molecular flexibility index (Phi) is 9.46. The highest BCUT2D eigenvalue weighted by molar-refractivity contribution is 5.23. The molecular formula is C30H42N2+2. The summed E-state index contributed by atoms with van der Waals surface area (Å²) in [7, 11) is 0. The molecule has 170 valence electrons. The highest BCUT2D eigenvalue weighted by atomic mass is 14.9. The first-order valence-corrected chi connectivity index (χ1v) is 12.5. The quantitative estimate of drug-likeness (QED) is 0.235. The normalized spacial score (nSPS) is 11.1. The molecule has 0 N–H and O–H groups in total. The number of benzene rings is 1. The van der Waals surface area contributed by atoms with Crippen molar-refractivity contribution in [3.8, 4) is 0 Å². The Bertz CT molecular complexity index is 913. The van der Waals surface area contributed by atoms with Gasteiger partial charge >= 0.3 is 0 Å². The molecule has 2 aromatic heterocycles. The van der Waals surface area contributed by atoms with Crippen LogP contribution in [-0.2, 0) is 25.9 Å². The predicted molar refractivity (Wildman–Crippen MR) is 134 cm³/mol. The molecule has 0 amide bonds. The average molecular weight is 431 g/mol. The van der Waals surface area contributed by atoms with Crippen LogP contribution in [0.5, 0.6) is 0 Å². The van der Waals surface area contributed by atoms with E-state index in [2.05, 4.69) is 97.8 Å². The summed E-state index contributed by atoms with van der Waals surface area (Å²) >= 11 is 0. The highest BCUT2D eigenvalue weighted by Gasteiger charge is 2.07. The molecule has 1 aromatic carbocycles. The van der Waals surface area contributed by atoms with E-state index in [0.717, 1.165) is 13.1 Å². The van der Waals surface area contributed by atoms with Crippen molar-refractivity contribution in [3.05, 3.63) is 94.6 Å². The van der Waals surface area contributed by atoms with Gasteiger partial charge in [0.1, 0.15) is 13.1 Å². The summed E-state index contributed by atoms with van der Waals surface area (Å²) in [6.07, 6.45) is 14.5. The summed E-state index contributed by atoms with van der Waals surface area (Å²) in [6, 6.07) is 18.3. The molecule has 2 heteroatoms. The van der Waals surface area contributed by atoms with Gasteiger partial charge in [-0.25, -0.2) is 9.13 Å². The Balaban J connectivity index is 1.32. The van der Waals surface area contributed by atoms with Gasteiger partial charge in [0.2, 0.25) is 0 Å². The van der Waals surface area contributed by atoms with Crippen LogP contribution in [0.3, 0.4) is 0 Å². The highest BCUT2D eigenvalue weighted by Crippen LogP contribution is 2.13. The Labute approximate surface area is 196 Å². The van der Waals surface area contributed by atoms with Crippen LogP contribution < -0.4 is 9.13 Å². The third kappa shape index (κ3) is 7.89. The molecular weight excluding hydrogens is 388 g/mol. The van der Waals surface area contributed by atoms with E-state index in [4.69, 9.17) is 0 Å². The van der Waals surface area contributed by atoms with Crippen LogP contribution in [0, 0.1) is 27.7 Å². The molecule has 2 nitrogen and oxygen atoms in total. The van der Waals surface area contributed by atoms with E-state index in [1.807, 2.05) is 0 Å². The van der Waals surface area contributed by atoms with Gasteiger partial charge in [-0.05, 0) is 74.6 Å². The number of pyridine rings is 2. The Hall–Kier alpha value is -2.48. The van der Waals surface area contributed by atoms with Gasteiger partial charge in [-0.3, -0.25) is 0 Å². The molecule has 0 fully saturated rings. The third-order valence-corrected chi connectivity index (χ3v) is 6.53. The number of aromatic nitrogens is 2. The lowest BCUT2D eigenvalue weighted by Crippen LogP contribution is -2.36. The van der Waals surface area contributed by atoms with Crippen molar-refractivity contribution in [1.29, 1.82) is 0 Å². The Morgan fingerprint density at radius 3 is 1.44 bits per heavy atom. The molecule has 0 radical (unpaired) electrons. The summed E-state index contributed by atoms with van der Waals surface area (Å²) in [4.78, 5) is 0. The van der Waals surface area contributed by atoms with Crippen LogP contribution in [0.15, 0.2) is 60.9 Å². The van der Waals surface area contributed by atoms with Crippen molar-refractivity contribution < 1.29 is 9.13 Å². The predicted octanol–water partition coefficient (Wildman–Crippen LogP) is 6.32. The van der Waals surface area contributed by atoms with Gasteiger partial charge < -0.3 is 0 Å². The molecule has 0 saturated carbocycles. The zero-order valence-electron chi connectivity index (χ0n) is 20.7. The van der Waals surface area contributed by atoms with E-state index in [1.54, 1.807) is 0 Å². The van der Waals surface area contributed by atoms with Gasteiger partial charge in [-0.15, -0.1) is 0 Å². The van der Waals surface area contributed by atoms with Crippen LogP contribution in [0.2, 0.25) is 0 Å². The van der Waals surface area contributed by atoms with E-state index in [1.165, 1.54) is 85.0 Å². The van der Waals surface area contributed by atoms with Gasteiger partial charge in [-0.2, -0.15) is 0 Å². The molecule has 3 rings (SSSR count). The fourth-order valence-corrected chi connectivity index (χ4v) is 4.59. The maximum absolute atomic E-state index is 2.44. The average Bonchev–Trinajstić information content (AvgIpc) is 2.76. The number of unbranched alkanes of at least 4 members (excludes halogenated alkanes) is 4. The van der Waals surface area contributed by atoms with Gasteiger partial charge in [0.15, 0.2) is 23.8 Å². The second-order valence-corrected chi connectivity index (χ2v) is 9.52. The standard InChI is InChI=1S/C30H42N2/c1-25-16-20-31(27(3)22-25)18-9-5-7-12-29-14-11-15-30(24-29)13-8-6-10-19-32-21-17-26(2)23-28(32)4/h11,14-17,20-24H,5-10,12-13,18-19H2,1-4H3/q+2. The van der Waals surface area contributed by atoms with E-state index in [-0.39, 0.29) is 0 Å². The van der Waals surface area contributed by atoms with Crippen molar-refractivity contribution in [2.75, 3.05) is 0 Å². The maximum atomic E-state index is 2.44. The monoisotopic (exact) mass is 430 g/mol. The molecule has 0 unspecified atom stereocenters. The van der Waals surface area contributed by atoms with Crippen molar-refractivity contribution in [2.45, 2.75) is 92.2 Å². The minimum absolute atomic E-state index is 1.13. The Morgan fingerprint density at radius 1 is 0.531 bits per heavy atom. The van der Waals surface area contributed by atoms with Crippen molar-refractivity contribution in [2.24, 2.45) is 0 Å². The molecule has 32 heavy (non-hydrogen) atoms. The van der Waals surface area contributed by atoms with Crippen LogP contribution in [0.1, 0.15) is 72.2 Å². The maximum Gasteiger partial charge on any atom is 0.178 e. The zero-order chi connectivity index (χ0) is 22.8. The minimum Gasteiger partial charge on any atom is -0.203 e. The lowest BCUT2D eigenvalue weighted by atomic mass is 10.0. The largest absolute Gasteiger partial charge is 0.203 e. The lowest BCUT2D eigenvalue weighted by molar-refractivity contribution is -0.703. The first-order valence-electron chi connectivity index (χ1n) is 12.5. The second kappa shape index (κ2) is 12.5. The molecule has 0 spiro atoms. The molecule has 0 atom stereocenters. The summed E-state index contributed by atoms with van der Waals surface area (Å²) < 4.78 is 4.76. The first kappa shape index (κ1) is 24.2. The lowest BCUT2D eigenvalue weighted by Gasteiger charge is -2.06. The molecule has 3 aromatic rings. The van der Waals surface area contributed by atoms with Gasteiger partial charge in [0, 0.05) is 51.0 Å². The van der Waals surface area contributed by atoms with Gasteiger partial charge in [0.25, 0.3) is 0 Å². The van der Waals surface area contributed by atoms with Gasteiger partial charge in [-0.1, -0.05) is 24.3 Å². The number of hydrogen-bond donors (Lipinski definition) is 0. The van der Waals surface area contributed by atoms with E-state index in [9.17, 15) is 0 Å². The van der Waals surface area contributed by atoms with Crippen LogP contribution in [0.4, 0.5) is 0 Å². The summed E-state index contributed by atoms with van der Waals surface area (Å²) in [6.45, 7) is 11.0. The number of nitrogens with zero attached hydrogens (tertiary/aromatic N) is 2. The fourth-order valence-electron chi connectivity index (χ4n) is 4.59. The third-order valence-electron chi connectivity index (χ3n) is 6.53. The number of aryl methyl sites for hydroxylation is 8. The molecule has 2 heterocycles. The summed E-state index contributed by atoms with van der Waals surface area (Å²) in [5.74, 6) is 0. The number of hydrogen-bond acceptors (Lipinski definition) is 0. The van der Waals surface area contributed by atoms with E-state index < -0.39 is 0 Å².